The zero-order chi connectivity index (χ0) is 27.7. The number of ether oxygens (including phenoxy) is 1. The lowest BCUT2D eigenvalue weighted by atomic mass is 9.71. The van der Waals surface area contributed by atoms with Crippen molar-refractivity contribution < 1.29 is 50.9 Å². The Morgan fingerprint density at radius 2 is 1.53 bits per heavy atom. The van der Waals surface area contributed by atoms with Crippen molar-refractivity contribution in [2.75, 3.05) is 46.9 Å². The zero-order valence-electron chi connectivity index (χ0n) is 19.7. The van der Waals surface area contributed by atoms with E-state index >= 15 is 0 Å². The smallest absolute Gasteiger partial charge is 0.475 e. The second-order valence-electron chi connectivity index (χ2n) is 8.68. The normalized spacial score (nSPS) is 20.2. The molecule has 2 saturated heterocycles. The van der Waals surface area contributed by atoms with Gasteiger partial charge in [0.05, 0.1) is 6.61 Å². The van der Waals surface area contributed by atoms with Crippen molar-refractivity contribution in [3.8, 4) is 0 Å². The van der Waals surface area contributed by atoms with Crippen LogP contribution in [0.2, 0.25) is 5.02 Å². The molecule has 14 heteroatoms. The molecule has 1 aromatic carbocycles. The van der Waals surface area contributed by atoms with Gasteiger partial charge in [0.25, 0.3) is 0 Å². The molecule has 2 aliphatic heterocycles. The molecule has 2 N–H and O–H groups in total. The number of methoxy groups -OCH3 is 1. The standard InChI is InChI=1S/C18H27ClN2O.2C2HF3O2/c1-20-12-16(13-22-2)18(14-20)7-9-21(10-8-18)11-15-5-3-4-6-17(15)19;2*3-2(4,5)1(6)7/h3-6,16H,7-14H2,1-2H3;2*(H,6,7). The Bertz CT molecular complexity index is 836. The minimum atomic E-state index is -5.08. The first-order valence-electron chi connectivity index (χ1n) is 10.8. The minimum absolute atomic E-state index is 0.460. The number of aliphatic carboxylic acids is 2. The molecule has 0 radical (unpaired) electrons. The van der Waals surface area contributed by atoms with Crippen LogP contribution >= 0.6 is 11.6 Å². The molecule has 1 unspecified atom stereocenters. The van der Waals surface area contributed by atoms with Crippen LogP contribution in [0, 0.1) is 11.3 Å². The lowest BCUT2D eigenvalue weighted by molar-refractivity contribution is -0.193. The number of alkyl halides is 6. The van der Waals surface area contributed by atoms with Crippen molar-refractivity contribution >= 4 is 23.5 Å². The lowest BCUT2D eigenvalue weighted by Crippen LogP contribution is -2.44. The quantitative estimate of drug-likeness (QED) is 0.537. The maximum atomic E-state index is 10.6. The van der Waals surface area contributed by atoms with Gasteiger partial charge in [0.1, 0.15) is 0 Å². The van der Waals surface area contributed by atoms with Crippen molar-refractivity contribution in [1.29, 1.82) is 0 Å². The lowest BCUT2D eigenvalue weighted by Gasteiger charge is -2.42. The van der Waals surface area contributed by atoms with Gasteiger partial charge in [0.2, 0.25) is 0 Å². The maximum absolute atomic E-state index is 10.6. The zero-order valence-corrected chi connectivity index (χ0v) is 20.5. The summed E-state index contributed by atoms with van der Waals surface area (Å²) in [5.41, 5.74) is 1.71. The molecule has 2 fully saturated rings. The Morgan fingerprint density at radius 1 is 1.06 bits per heavy atom. The van der Waals surface area contributed by atoms with E-state index in [9.17, 15) is 26.3 Å². The number of hydrogen-bond donors (Lipinski definition) is 2. The Balaban J connectivity index is 0.000000383. The fourth-order valence-corrected chi connectivity index (χ4v) is 4.52. The molecule has 7 nitrogen and oxygen atoms in total. The maximum Gasteiger partial charge on any atom is 0.490 e. The van der Waals surface area contributed by atoms with Crippen LogP contribution in [0.4, 0.5) is 26.3 Å². The number of benzene rings is 1. The van der Waals surface area contributed by atoms with Gasteiger partial charge in [-0.1, -0.05) is 29.8 Å². The third-order valence-corrected chi connectivity index (χ3v) is 6.41. The first kappa shape index (κ1) is 31.9. The molecule has 1 aromatic rings. The summed E-state index contributed by atoms with van der Waals surface area (Å²) in [5, 5.41) is 15.1. The number of carboxylic acid groups (broad SMARTS) is 2. The molecule has 0 aromatic heterocycles. The summed E-state index contributed by atoms with van der Waals surface area (Å²) >= 11 is 6.30. The van der Waals surface area contributed by atoms with Crippen molar-refractivity contribution in [3.05, 3.63) is 34.9 Å². The number of carbonyl (C=O) groups is 2. The summed E-state index contributed by atoms with van der Waals surface area (Å²) in [6.45, 7) is 6.60. The Labute approximate surface area is 209 Å². The molecule has 0 amide bonds. The van der Waals surface area contributed by atoms with Gasteiger partial charge in [-0.3, -0.25) is 4.90 Å². The van der Waals surface area contributed by atoms with Crippen molar-refractivity contribution in [1.82, 2.24) is 9.80 Å². The fourth-order valence-electron chi connectivity index (χ4n) is 4.32. The average Bonchev–Trinajstić information content (AvgIpc) is 3.05. The van der Waals surface area contributed by atoms with E-state index in [2.05, 4.69) is 29.0 Å². The highest BCUT2D eigenvalue weighted by Crippen LogP contribution is 2.44. The number of piperidine rings is 1. The molecular weight excluding hydrogens is 522 g/mol. The van der Waals surface area contributed by atoms with Gasteiger partial charge < -0.3 is 19.8 Å². The third-order valence-electron chi connectivity index (χ3n) is 6.04. The predicted molar refractivity (Wildman–Crippen MR) is 119 cm³/mol. The molecular formula is C22H29ClF6N2O5. The first-order chi connectivity index (χ1) is 16.5. The van der Waals surface area contributed by atoms with Crippen LogP contribution < -0.4 is 0 Å². The second kappa shape index (κ2) is 13.5. The van der Waals surface area contributed by atoms with E-state index in [0.29, 0.717) is 11.3 Å². The SMILES string of the molecule is COCC1CN(C)CC12CCN(Cc1ccccc1Cl)CC2.O=C(O)C(F)(F)F.O=C(O)C(F)(F)F. The molecule has 2 aliphatic rings. The number of rotatable bonds is 4. The highest BCUT2D eigenvalue weighted by atomic mass is 35.5. The molecule has 3 rings (SSSR count). The molecule has 36 heavy (non-hydrogen) atoms. The Kier molecular flexibility index (Phi) is 11.9. The molecule has 0 saturated carbocycles. The van der Waals surface area contributed by atoms with E-state index in [1.165, 1.54) is 44.6 Å². The number of hydrogen-bond acceptors (Lipinski definition) is 5. The van der Waals surface area contributed by atoms with Gasteiger partial charge in [-0.05, 0) is 50.0 Å². The van der Waals surface area contributed by atoms with Crippen molar-refractivity contribution in [2.24, 2.45) is 11.3 Å². The van der Waals surface area contributed by atoms with E-state index in [-0.39, 0.29) is 0 Å². The first-order valence-corrected chi connectivity index (χ1v) is 11.1. The second-order valence-corrected chi connectivity index (χ2v) is 9.09. The summed E-state index contributed by atoms with van der Waals surface area (Å²) in [7, 11) is 4.08. The molecule has 0 bridgehead atoms. The van der Waals surface area contributed by atoms with Gasteiger partial charge in [-0.25, -0.2) is 9.59 Å². The van der Waals surface area contributed by atoms with E-state index in [4.69, 9.17) is 36.1 Å². The van der Waals surface area contributed by atoms with Crippen LogP contribution in [-0.2, 0) is 20.9 Å². The number of likely N-dealkylation sites (tertiary alicyclic amines) is 2. The van der Waals surface area contributed by atoms with Gasteiger partial charge in [0.15, 0.2) is 0 Å². The van der Waals surface area contributed by atoms with Crippen LogP contribution in [0.15, 0.2) is 24.3 Å². The topological polar surface area (TPSA) is 90.3 Å². The van der Waals surface area contributed by atoms with Gasteiger partial charge in [0, 0.05) is 37.7 Å². The van der Waals surface area contributed by atoms with Crippen LogP contribution in [-0.4, -0.2) is 91.2 Å². The van der Waals surface area contributed by atoms with E-state index in [1.54, 1.807) is 0 Å². The number of nitrogens with zero attached hydrogens (tertiary/aromatic N) is 2. The molecule has 1 atom stereocenters. The van der Waals surface area contributed by atoms with Crippen molar-refractivity contribution in [2.45, 2.75) is 31.7 Å². The van der Waals surface area contributed by atoms with Gasteiger partial charge in [-0.15, -0.1) is 0 Å². The summed E-state index contributed by atoms with van der Waals surface area (Å²) in [6, 6.07) is 8.21. The molecule has 1 spiro atoms. The van der Waals surface area contributed by atoms with Gasteiger partial charge >= 0.3 is 24.3 Å². The molecule has 206 valence electrons. The number of carboxylic acids is 2. The number of halogens is 7. The van der Waals surface area contributed by atoms with Crippen molar-refractivity contribution in [3.63, 3.8) is 0 Å². The highest BCUT2D eigenvalue weighted by molar-refractivity contribution is 6.31. The predicted octanol–water partition coefficient (Wildman–Crippen LogP) is 4.40. The van der Waals surface area contributed by atoms with Crippen LogP contribution in [0.3, 0.4) is 0 Å². The summed E-state index contributed by atoms with van der Waals surface area (Å²) < 4.78 is 69.0. The fraction of sp³-hybridized carbons (Fsp3) is 0.636. The largest absolute Gasteiger partial charge is 0.490 e. The Hall–Kier alpha value is -2.09. The van der Waals surface area contributed by atoms with Crippen LogP contribution in [0.25, 0.3) is 0 Å². The Morgan fingerprint density at radius 3 is 1.94 bits per heavy atom. The molecule has 0 aliphatic carbocycles. The summed E-state index contributed by atoms with van der Waals surface area (Å²) in [5.74, 6) is -4.83. The van der Waals surface area contributed by atoms with Crippen LogP contribution in [0.1, 0.15) is 18.4 Å². The average molecular weight is 551 g/mol. The van der Waals surface area contributed by atoms with E-state index < -0.39 is 24.3 Å². The highest BCUT2D eigenvalue weighted by Gasteiger charge is 2.46. The summed E-state index contributed by atoms with van der Waals surface area (Å²) in [6.07, 6.45) is -7.62. The third kappa shape index (κ3) is 10.1. The van der Waals surface area contributed by atoms with E-state index in [1.807, 2.05) is 19.2 Å². The summed E-state index contributed by atoms with van der Waals surface area (Å²) in [4.78, 5) is 22.8. The molecule has 2 heterocycles. The monoisotopic (exact) mass is 550 g/mol. The van der Waals surface area contributed by atoms with Crippen LogP contribution in [0.5, 0.6) is 0 Å². The van der Waals surface area contributed by atoms with E-state index in [0.717, 1.165) is 18.2 Å². The van der Waals surface area contributed by atoms with Gasteiger partial charge in [-0.2, -0.15) is 26.3 Å². The minimum Gasteiger partial charge on any atom is -0.475 e.